The van der Waals surface area contributed by atoms with Gasteiger partial charge in [0.1, 0.15) is 6.54 Å². The minimum Gasteiger partial charge on any atom is -0.351 e. The standard InChI is InChI=1S/C9H13N5O/c15-8(5-14-2-1-11-13-14)12-9-6-3-10-4-7(6)9/h1-2,6-7,9-10H,3-5H2,(H,12,15). The summed E-state index contributed by atoms with van der Waals surface area (Å²) in [4.78, 5) is 11.6. The number of aromatic nitrogens is 3. The summed E-state index contributed by atoms with van der Waals surface area (Å²) in [5.74, 6) is 1.34. The van der Waals surface area contributed by atoms with E-state index in [1.165, 1.54) is 4.68 Å². The van der Waals surface area contributed by atoms with Crippen molar-refractivity contribution in [3.8, 4) is 0 Å². The molecule has 6 heteroatoms. The molecule has 80 valence electrons. The molecule has 2 fully saturated rings. The third-order valence-electron chi connectivity index (χ3n) is 3.20. The zero-order valence-corrected chi connectivity index (χ0v) is 8.26. The Bertz CT molecular complexity index is 353. The number of piperidine rings is 1. The Labute approximate surface area is 87.0 Å². The topological polar surface area (TPSA) is 71.8 Å². The Morgan fingerprint density at radius 1 is 1.53 bits per heavy atom. The highest BCUT2D eigenvalue weighted by Gasteiger charge is 2.53. The van der Waals surface area contributed by atoms with Gasteiger partial charge in [0.05, 0.1) is 6.20 Å². The molecule has 2 unspecified atom stereocenters. The van der Waals surface area contributed by atoms with Gasteiger partial charge in [-0.2, -0.15) is 0 Å². The second-order valence-corrected chi connectivity index (χ2v) is 4.18. The van der Waals surface area contributed by atoms with Gasteiger partial charge >= 0.3 is 0 Å². The number of nitrogens with one attached hydrogen (secondary N) is 2. The van der Waals surface area contributed by atoms with Crippen molar-refractivity contribution in [3.05, 3.63) is 12.4 Å². The highest BCUT2D eigenvalue weighted by molar-refractivity contribution is 5.76. The zero-order valence-electron chi connectivity index (χ0n) is 8.26. The second kappa shape index (κ2) is 3.30. The first-order chi connectivity index (χ1) is 7.34. The molecule has 1 saturated heterocycles. The first-order valence-corrected chi connectivity index (χ1v) is 5.19. The van der Waals surface area contributed by atoms with Gasteiger partial charge in [-0.3, -0.25) is 4.79 Å². The third kappa shape index (κ3) is 1.61. The Morgan fingerprint density at radius 3 is 3.00 bits per heavy atom. The van der Waals surface area contributed by atoms with E-state index < -0.39 is 0 Å². The molecule has 1 aliphatic heterocycles. The Balaban J connectivity index is 1.50. The SMILES string of the molecule is O=C(Cn1ccnn1)NC1C2CNCC21. The highest BCUT2D eigenvalue weighted by atomic mass is 16.2. The summed E-state index contributed by atoms with van der Waals surface area (Å²) in [5, 5.41) is 13.7. The molecule has 1 saturated carbocycles. The van der Waals surface area contributed by atoms with Crippen molar-refractivity contribution >= 4 is 5.91 Å². The van der Waals surface area contributed by atoms with Crippen LogP contribution in [0.15, 0.2) is 12.4 Å². The maximum atomic E-state index is 11.6. The van der Waals surface area contributed by atoms with Crippen molar-refractivity contribution < 1.29 is 4.79 Å². The van der Waals surface area contributed by atoms with Crippen LogP contribution >= 0.6 is 0 Å². The normalized spacial score (nSPS) is 32.4. The van der Waals surface area contributed by atoms with Crippen molar-refractivity contribution in [2.45, 2.75) is 12.6 Å². The second-order valence-electron chi connectivity index (χ2n) is 4.18. The predicted molar refractivity (Wildman–Crippen MR) is 51.8 cm³/mol. The largest absolute Gasteiger partial charge is 0.351 e. The van der Waals surface area contributed by atoms with Crippen molar-refractivity contribution in [3.63, 3.8) is 0 Å². The van der Waals surface area contributed by atoms with Gasteiger partial charge in [0.2, 0.25) is 5.91 Å². The number of carbonyl (C=O) groups is 1. The van der Waals surface area contributed by atoms with Crippen LogP contribution in [-0.4, -0.2) is 40.0 Å². The summed E-state index contributed by atoms with van der Waals surface area (Å²) >= 11 is 0. The lowest BCUT2D eigenvalue weighted by Gasteiger charge is -2.07. The average molecular weight is 207 g/mol. The maximum absolute atomic E-state index is 11.6. The van der Waals surface area contributed by atoms with Gasteiger partial charge in [-0.25, -0.2) is 4.68 Å². The molecule has 0 bridgehead atoms. The van der Waals surface area contributed by atoms with Gasteiger partial charge in [0.15, 0.2) is 0 Å². The fraction of sp³-hybridized carbons (Fsp3) is 0.667. The number of amides is 1. The summed E-state index contributed by atoms with van der Waals surface area (Å²) in [6.45, 7) is 2.35. The van der Waals surface area contributed by atoms with Gasteiger partial charge in [-0.1, -0.05) is 5.21 Å². The van der Waals surface area contributed by atoms with E-state index in [0.29, 0.717) is 17.9 Å². The van der Waals surface area contributed by atoms with Crippen LogP contribution in [0.4, 0.5) is 0 Å². The minimum atomic E-state index is 0.0277. The molecular weight excluding hydrogens is 194 g/mol. The number of hydrogen-bond acceptors (Lipinski definition) is 4. The molecule has 1 amide bonds. The molecule has 2 heterocycles. The van der Waals surface area contributed by atoms with E-state index in [-0.39, 0.29) is 12.5 Å². The van der Waals surface area contributed by atoms with E-state index in [1.807, 2.05) is 0 Å². The molecule has 15 heavy (non-hydrogen) atoms. The lowest BCUT2D eigenvalue weighted by atomic mass is 10.4. The van der Waals surface area contributed by atoms with E-state index in [1.54, 1.807) is 12.4 Å². The summed E-state index contributed by atoms with van der Waals surface area (Å²) in [6, 6.07) is 0.391. The van der Waals surface area contributed by atoms with Crippen molar-refractivity contribution in [2.75, 3.05) is 13.1 Å². The van der Waals surface area contributed by atoms with Crippen LogP contribution in [0, 0.1) is 11.8 Å². The molecule has 0 radical (unpaired) electrons. The molecule has 1 aliphatic carbocycles. The zero-order chi connectivity index (χ0) is 10.3. The van der Waals surface area contributed by atoms with E-state index >= 15 is 0 Å². The Morgan fingerprint density at radius 2 is 2.33 bits per heavy atom. The van der Waals surface area contributed by atoms with Gasteiger partial charge in [0.25, 0.3) is 0 Å². The molecule has 0 aromatic carbocycles. The van der Waals surface area contributed by atoms with Crippen LogP contribution in [-0.2, 0) is 11.3 Å². The van der Waals surface area contributed by atoms with Crippen molar-refractivity contribution in [2.24, 2.45) is 11.8 Å². The lowest BCUT2D eigenvalue weighted by Crippen LogP contribution is -2.34. The van der Waals surface area contributed by atoms with Crippen LogP contribution < -0.4 is 10.6 Å². The smallest absolute Gasteiger partial charge is 0.242 e. The maximum Gasteiger partial charge on any atom is 0.242 e. The Hall–Kier alpha value is -1.43. The summed E-state index contributed by atoms with van der Waals surface area (Å²) in [7, 11) is 0. The monoisotopic (exact) mass is 207 g/mol. The van der Waals surface area contributed by atoms with Crippen molar-refractivity contribution in [1.29, 1.82) is 0 Å². The molecule has 2 N–H and O–H groups in total. The third-order valence-corrected chi connectivity index (χ3v) is 3.20. The van der Waals surface area contributed by atoms with Gasteiger partial charge in [0, 0.05) is 25.3 Å². The van der Waals surface area contributed by atoms with Crippen LogP contribution in [0.5, 0.6) is 0 Å². The van der Waals surface area contributed by atoms with E-state index in [2.05, 4.69) is 20.9 Å². The predicted octanol–water partition coefficient (Wildman–Crippen LogP) is -1.39. The number of hydrogen-bond donors (Lipinski definition) is 2. The number of nitrogens with zero attached hydrogens (tertiary/aromatic N) is 3. The molecular formula is C9H13N5O. The minimum absolute atomic E-state index is 0.0277. The van der Waals surface area contributed by atoms with Crippen LogP contribution in [0.3, 0.4) is 0 Å². The number of carbonyl (C=O) groups excluding carboxylic acids is 1. The highest BCUT2D eigenvalue weighted by Crippen LogP contribution is 2.41. The first-order valence-electron chi connectivity index (χ1n) is 5.19. The first kappa shape index (κ1) is 8.84. The molecule has 1 aromatic rings. The number of fused-ring (bicyclic) bond motifs is 1. The molecule has 1 aromatic heterocycles. The van der Waals surface area contributed by atoms with Gasteiger partial charge in [-0.05, 0) is 11.8 Å². The van der Waals surface area contributed by atoms with Crippen molar-refractivity contribution in [1.82, 2.24) is 25.6 Å². The van der Waals surface area contributed by atoms with Gasteiger partial charge < -0.3 is 10.6 Å². The average Bonchev–Trinajstić information content (AvgIpc) is 2.65. The molecule has 6 nitrogen and oxygen atoms in total. The van der Waals surface area contributed by atoms with E-state index in [0.717, 1.165) is 13.1 Å². The van der Waals surface area contributed by atoms with Crippen LogP contribution in [0.2, 0.25) is 0 Å². The Kier molecular flexibility index (Phi) is 1.95. The molecule has 3 rings (SSSR count). The van der Waals surface area contributed by atoms with Crippen LogP contribution in [0.25, 0.3) is 0 Å². The van der Waals surface area contributed by atoms with Crippen LogP contribution in [0.1, 0.15) is 0 Å². The van der Waals surface area contributed by atoms with E-state index in [9.17, 15) is 4.79 Å². The molecule has 2 atom stereocenters. The summed E-state index contributed by atoms with van der Waals surface area (Å²) < 4.78 is 1.53. The summed E-state index contributed by atoms with van der Waals surface area (Å²) in [6.07, 6.45) is 3.26. The molecule has 0 spiro atoms. The lowest BCUT2D eigenvalue weighted by molar-refractivity contribution is -0.122. The molecule has 2 aliphatic rings. The quantitative estimate of drug-likeness (QED) is 0.640. The fourth-order valence-electron chi connectivity index (χ4n) is 2.33. The van der Waals surface area contributed by atoms with Gasteiger partial charge in [-0.15, -0.1) is 5.10 Å². The summed E-state index contributed by atoms with van der Waals surface area (Å²) in [5.41, 5.74) is 0. The fourth-order valence-corrected chi connectivity index (χ4v) is 2.33. The van der Waals surface area contributed by atoms with E-state index in [4.69, 9.17) is 0 Å². The number of rotatable bonds is 3.